The van der Waals surface area contributed by atoms with Gasteiger partial charge in [0.2, 0.25) is 0 Å². The van der Waals surface area contributed by atoms with Crippen LogP contribution in [0.5, 0.6) is 11.5 Å². The van der Waals surface area contributed by atoms with Gasteiger partial charge in [0.05, 0.1) is 7.11 Å². The van der Waals surface area contributed by atoms with E-state index >= 15 is 0 Å². The molecule has 0 fully saturated rings. The van der Waals surface area contributed by atoms with Crippen LogP contribution in [0.1, 0.15) is 22.3 Å². The number of hydrogen-bond acceptors (Lipinski definition) is 4. The van der Waals surface area contributed by atoms with Gasteiger partial charge in [0, 0.05) is 10.2 Å². The molecule has 3 aromatic rings. The number of ether oxygens (including phenoxy) is 2. The third-order valence-corrected chi connectivity index (χ3v) is 5.64. The van der Waals surface area contributed by atoms with Gasteiger partial charge in [0.15, 0.2) is 11.5 Å². The predicted octanol–water partition coefficient (Wildman–Crippen LogP) is 6.20. The highest BCUT2D eigenvalue weighted by molar-refractivity contribution is 9.10. The fourth-order valence-electron chi connectivity index (χ4n) is 2.99. The van der Waals surface area contributed by atoms with E-state index in [4.69, 9.17) is 9.47 Å². The SMILES string of the molecule is COc1cc(C=C(C#N)C(=O)Nc2ccc(C)c(C)c2)c(Br)cc1OCc1ccccc1. The van der Waals surface area contributed by atoms with E-state index in [9.17, 15) is 10.1 Å². The van der Waals surface area contributed by atoms with Crippen molar-refractivity contribution in [3.05, 3.63) is 93.0 Å². The molecule has 0 saturated carbocycles. The Balaban J connectivity index is 1.82. The maximum Gasteiger partial charge on any atom is 0.266 e. The summed E-state index contributed by atoms with van der Waals surface area (Å²) >= 11 is 3.51. The monoisotopic (exact) mass is 490 g/mol. The third kappa shape index (κ3) is 5.77. The number of anilines is 1. The summed E-state index contributed by atoms with van der Waals surface area (Å²) in [5, 5.41) is 12.3. The van der Waals surface area contributed by atoms with Crippen LogP contribution in [0.25, 0.3) is 6.08 Å². The zero-order valence-electron chi connectivity index (χ0n) is 18.1. The molecule has 0 aliphatic heterocycles. The highest BCUT2D eigenvalue weighted by atomic mass is 79.9. The topological polar surface area (TPSA) is 71.3 Å². The summed E-state index contributed by atoms with van der Waals surface area (Å²) in [4.78, 5) is 12.7. The van der Waals surface area contributed by atoms with Gasteiger partial charge in [0.1, 0.15) is 18.2 Å². The van der Waals surface area contributed by atoms with Crippen molar-refractivity contribution in [2.45, 2.75) is 20.5 Å². The van der Waals surface area contributed by atoms with Gasteiger partial charge >= 0.3 is 0 Å². The number of benzene rings is 3. The van der Waals surface area contributed by atoms with E-state index < -0.39 is 5.91 Å². The first-order valence-corrected chi connectivity index (χ1v) is 10.7. The summed E-state index contributed by atoms with van der Waals surface area (Å²) in [6.45, 7) is 4.36. The molecule has 0 aliphatic rings. The van der Waals surface area contributed by atoms with Crippen molar-refractivity contribution in [3.63, 3.8) is 0 Å². The Hall–Kier alpha value is -3.56. The number of aryl methyl sites for hydroxylation is 2. The van der Waals surface area contributed by atoms with E-state index in [0.29, 0.717) is 33.8 Å². The van der Waals surface area contributed by atoms with Crippen LogP contribution in [-0.4, -0.2) is 13.0 Å². The molecular weight excluding hydrogens is 468 g/mol. The third-order valence-electron chi connectivity index (χ3n) is 4.95. The smallest absolute Gasteiger partial charge is 0.266 e. The molecule has 3 rings (SSSR count). The van der Waals surface area contributed by atoms with E-state index in [1.54, 1.807) is 19.2 Å². The quantitative estimate of drug-likeness (QED) is 0.316. The van der Waals surface area contributed by atoms with Crippen LogP contribution in [0.15, 0.2) is 70.7 Å². The number of halogens is 1. The lowest BCUT2D eigenvalue weighted by atomic mass is 10.1. The second-order valence-electron chi connectivity index (χ2n) is 7.22. The molecular formula is C26H23BrN2O3. The fraction of sp³-hybridized carbons (Fsp3) is 0.154. The molecule has 0 spiro atoms. The molecule has 0 atom stereocenters. The Morgan fingerprint density at radius 3 is 2.47 bits per heavy atom. The minimum absolute atomic E-state index is 0.0241. The largest absolute Gasteiger partial charge is 0.493 e. The van der Waals surface area contributed by atoms with Crippen molar-refractivity contribution >= 4 is 33.6 Å². The minimum atomic E-state index is -0.481. The maximum atomic E-state index is 12.7. The molecule has 1 amide bonds. The zero-order valence-corrected chi connectivity index (χ0v) is 19.7. The lowest BCUT2D eigenvalue weighted by Gasteiger charge is -2.13. The van der Waals surface area contributed by atoms with Crippen LogP contribution < -0.4 is 14.8 Å². The number of rotatable bonds is 7. The average molecular weight is 491 g/mol. The molecule has 0 aliphatic carbocycles. The summed E-state index contributed by atoms with van der Waals surface area (Å²) in [5.74, 6) is 0.576. The van der Waals surface area contributed by atoms with E-state index in [1.165, 1.54) is 6.08 Å². The van der Waals surface area contributed by atoms with Crippen molar-refractivity contribution in [3.8, 4) is 17.6 Å². The summed E-state index contributed by atoms with van der Waals surface area (Å²) in [6.07, 6.45) is 1.52. The van der Waals surface area contributed by atoms with Crippen molar-refractivity contribution in [2.75, 3.05) is 12.4 Å². The number of carbonyl (C=O) groups is 1. The van der Waals surface area contributed by atoms with Crippen LogP contribution in [-0.2, 0) is 11.4 Å². The maximum absolute atomic E-state index is 12.7. The molecule has 0 radical (unpaired) electrons. The highest BCUT2D eigenvalue weighted by Crippen LogP contribution is 2.35. The van der Waals surface area contributed by atoms with Gasteiger partial charge < -0.3 is 14.8 Å². The van der Waals surface area contributed by atoms with Gasteiger partial charge in [-0.1, -0.05) is 52.3 Å². The van der Waals surface area contributed by atoms with Crippen LogP contribution in [0.2, 0.25) is 0 Å². The Morgan fingerprint density at radius 2 is 1.81 bits per heavy atom. The van der Waals surface area contributed by atoms with Crippen LogP contribution >= 0.6 is 15.9 Å². The van der Waals surface area contributed by atoms with Crippen molar-refractivity contribution in [1.29, 1.82) is 5.26 Å². The van der Waals surface area contributed by atoms with Gasteiger partial charge in [-0.3, -0.25) is 4.79 Å². The van der Waals surface area contributed by atoms with E-state index in [1.807, 2.05) is 68.4 Å². The van der Waals surface area contributed by atoms with E-state index in [-0.39, 0.29) is 5.57 Å². The standard InChI is InChI=1S/C26H23BrN2O3/c1-17-9-10-22(11-18(17)2)29-26(30)21(15-28)12-20-13-24(31-3)25(14-23(20)27)32-16-19-7-5-4-6-8-19/h4-14H,16H2,1-3H3,(H,29,30). The molecule has 32 heavy (non-hydrogen) atoms. The predicted molar refractivity (Wildman–Crippen MR) is 130 cm³/mol. The van der Waals surface area contributed by atoms with E-state index in [0.717, 1.165) is 16.7 Å². The van der Waals surface area contributed by atoms with Gasteiger partial charge in [-0.05, 0) is 66.4 Å². The van der Waals surface area contributed by atoms with E-state index in [2.05, 4.69) is 21.2 Å². The van der Waals surface area contributed by atoms with Crippen molar-refractivity contribution in [1.82, 2.24) is 0 Å². The fourth-order valence-corrected chi connectivity index (χ4v) is 3.43. The first-order chi connectivity index (χ1) is 15.4. The number of nitrogens with zero attached hydrogens (tertiary/aromatic N) is 1. The molecule has 0 unspecified atom stereocenters. The van der Waals surface area contributed by atoms with Gasteiger partial charge in [0.25, 0.3) is 5.91 Å². The molecule has 6 heteroatoms. The number of nitriles is 1. The van der Waals surface area contributed by atoms with Gasteiger partial charge in [-0.2, -0.15) is 5.26 Å². The molecule has 0 aromatic heterocycles. The summed E-state index contributed by atoms with van der Waals surface area (Å²) < 4.78 is 12.0. The van der Waals surface area contributed by atoms with Gasteiger partial charge in [-0.15, -0.1) is 0 Å². The highest BCUT2D eigenvalue weighted by Gasteiger charge is 2.14. The number of methoxy groups -OCH3 is 1. The number of carbonyl (C=O) groups excluding carboxylic acids is 1. The number of hydrogen-bond donors (Lipinski definition) is 1. The first-order valence-electron chi connectivity index (χ1n) is 9.96. The molecule has 5 nitrogen and oxygen atoms in total. The lowest BCUT2D eigenvalue weighted by molar-refractivity contribution is -0.112. The lowest BCUT2D eigenvalue weighted by Crippen LogP contribution is -2.13. The Morgan fingerprint density at radius 1 is 1.06 bits per heavy atom. The Kier molecular flexibility index (Phi) is 7.69. The summed E-state index contributed by atoms with van der Waals surface area (Å²) in [5.41, 5.74) is 4.46. The zero-order chi connectivity index (χ0) is 23.1. The summed E-state index contributed by atoms with van der Waals surface area (Å²) in [7, 11) is 1.55. The average Bonchev–Trinajstić information content (AvgIpc) is 2.80. The second-order valence-corrected chi connectivity index (χ2v) is 8.08. The normalized spacial score (nSPS) is 10.9. The van der Waals surface area contributed by atoms with Gasteiger partial charge in [-0.25, -0.2) is 0 Å². The second kappa shape index (κ2) is 10.7. The number of amides is 1. The van der Waals surface area contributed by atoms with Crippen LogP contribution in [0.3, 0.4) is 0 Å². The first kappa shape index (κ1) is 23.1. The minimum Gasteiger partial charge on any atom is -0.493 e. The molecule has 162 valence electrons. The van der Waals surface area contributed by atoms with Crippen LogP contribution in [0, 0.1) is 25.2 Å². The van der Waals surface area contributed by atoms with Crippen molar-refractivity contribution < 1.29 is 14.3 Å². The van der Waals surface area contributed by atoms with Crippen molar-refractivity contribution in [2.24, 2.45) is 0 Å². The molecule has 3 aromatic carbocycles. The molecule has 1 N–H and O–H groups in total. The number of nitrogens with one attached hydrogen (secondary N) is 1. The Bertz CT molecular complexity index is 1200. The Labute approximate surface area is 196 Å². The molecule has 0 heterocycles. The van der Waals surface area contributed by atoms with Crippen LogP contribution in [0.4, 0.5) is 5.69 Å². The summed E-state index contributed by atoms with van der Waals surface area (Å²) in [6, 6.07) is 20.9. The molecule has 0 bridgehead atoms. The molecule has 0 saturated heterocycles.